The summed E-state index contributed by atoms with van der Waals surface area (Å²) in [5.41, 5.74) is 4.75. The molecule has 0 radical (unpaired) electrons. The topological polar surface area (TPSA) is 67.6 Å². The number of rotatable bonds is 4. The fraction of sp³-hybridized carbons (Fsp3) is 0.909. The molecular weight excluding hydrogens is 206 g/mol. The van der Waals surface area contributed by atoms with Crippen molar-refractivity contribution in [1.82, 2.24) is 10.2 Å². The highest BCUT2D eigenvalue weighted by atomic mass is 16.5. The van der Waals surface area contributed by atoms with Crippen LogP contribution in [0.15, 0.2) is 0 Å². The van der Waals surface area contributed by atoms with E-state index in [1.54, 1.807) is 7.05 Å². The van der Waals surface area contributed by atoms with Crippen molar-refractivity contribution in [3.05, 3.63) is 0 Å². The van der Waals surface area contributed by atoms with Crippen LogP contribution >= 0.6 is 0 Å². The Morgan fingerprint density at radius 3 is 2.94 bits per heavy atom. The molecule has 0 aromatic heterocycles. The van der Waals surface area contributed by atoms with Crippen molar-refractivity contribution in [2.45, 2.75) is 31.9 Å². The lowest BCUT2D eigenvalue weighted by atomic mass is 10.0. The van der Waals surface area contributed by atoms with Gasteiger partial charge in [0.15, 0.2) is 0 Å². The minimum absolute atomic E-state index is 0.219. The molecule has 1 amide bonds. The van der Waals surface area contributed by atoms with Crippen LogP contribution in [-0.2, 0) is 9.53 Å². The first kappa shape index (κ1) is 13.4. The Morgan fingerprint density at radius 2 is 2.38 bits per heavy atom. The highest BCUT2D eigenvalue weighted by Crippen LogP contribution is 2.11. The van der Waals surface area contributed by atoms with Crippen molar-refractivity contribution in [1.29, 1.82) is 0 Å². The Hall–Kier alpha value is -0.650. The van der Waals surface area contributed by atoms with E-state index in [1.807, 2.05) is 6.92 Å². The van der Waals surface area contributed by atoms with Gasteiger partial charge in [-0.15, -0.1) is 0 Å². The maximum absolute atomic E-state index is 11.4. The largest absolute Gasteiger partial charge is 0.377 e. The van der Waals surface area contributed by atoms with Gasteiger partial charge in [0.05, 0.1) is 6.10 Å². The van der Waals surface area contributed by atoms with E-state index in [9.17, 15) is 4.79 Å². The third-order valence-electron chi connectivity index (χ3n) is 3.17. The van der Waals surface area contributed by atoms with E-state index < -0.39 is 5.54 Å². The molecule has 1 heterocycles. The van der Waals surface area contributed by atoms with E-state index in [1.165, 1.54) is 0 Å². The molecule has 0 aliphatic carbocycles. The summed E-state index contributed by atoms with van der Waals surface area (Å²) in [6.45, 7) is 7.13. The summed E-state index contributed by atoms with van der Waals surface area (Å²) in [7, 11) is 1.77. The van der Waals surface area contributed by atoms with Crippen LogP contribution in [0, 0.1) is 0 Å². The number of carbonyl (C=O) groups excluding carboxylic acids is 1. The second kappa shape index (κ2) is 5.61. The van der Waals surface area contributed by atoms with Crippen LogP contribution in [0.25, 0.3) is 0 Å². The molecule has 1 aliphatic heterocycles. The van der Waals surface area contributed by atoms with E-state index >= 15 is 0 Å². The fourth-order valence-electron chi connectivity index (χ4n) is 1.95. The Bertz CT molecular complexity index is 247. The molecule has 5 heteroatoms. The van der Waals surface area contributed by atoms with Crippen molar-refractivity contribution in [3.63, 3.8) is 0 Å². The fourth-order valence-corrected chi connectivity index (χ4v) is 1.95. The smallest absolute Gasteiger partial charge is 0.238 e. The van der Waals surface area contributed by atoms with Crippen molar-refractivity contribution >= 4 is 5.91 Å². The van der Waals surface area contributed by atoms with E-state index in [0.29, 0.717) is 6.54 Å². The van der Waals surface area contributed by atoms with Crippen LogP contribution in [0.5, 0.6) is 0 Å². The van der Waals surface area contributed by atoms with Gasteiger partial charge in [0.2, 0.25) is 5.91 Å². The molecule has 0 aromatic rings. The van der Waals surface area contributed by atoms with Gasteiger partial charge in [-0.25, -0.2) is 0 Å². The predicted octanol–water partition coefficient (Wildman–Crippen LogP) is -0.439. The Balaban J connectivity index is 2.59. The molecule has 0 bridgehead atoms. The van der Waals surface area contributed by atoms with Crippen LogP contribution in [0.3, 0.4) is 0 Å². The molecule has 1 aliphatic rings. The third kappa shape index (κ3) is 3.43. The van der Waals surface area contributed by atoms with Crippen LogP contribution in [0.1, 0.15) is 20.3 Å². The molecule has 2 unspecified atom stereocenters. The Labute approximate surface area is 97.3 Å². The Kier molecular flexibility index (Phi) is 4.70. The molecule has 2 atom stereocenters. The van der Waals surface area contributed by atoms with Crippen molar-refractivity contribution in [3.8, 4) is 0 Å². The summed E-state index contributed by atoms with van der Waals surface area (Å²) >= 11 is 0. The van der Waals surface area contributed by atoms with Gasteiger partial charge in [-0.3, -0.25) is 9.69 Å². The van der Waals surface area contributed by atoms with Crippen LogP contribution < -0.4 is 11.1 Å². The molecule has 5 nitrogen and oxygen atoms in total. The normalized spacial score (nSPS) is 27.1. The zero-order chi connectivity index (χ0) is 12.2. The highest BCUT2D eigenvalue weighted by Gasteiger charge is 2.32. The Morgan fingerprint density at radius 1 is 1.69 bits per heavy atom. The van der Waals surface area contributed by atoms with E-state index in [-0.39, 0.29) is 12.0 Å². The average molecular weight is 229 g/mol. The van der Waals surface area contributed by atoms with E-state index in [4.69, 9.17) is 10.5 Å². The van der Waals surface area contributed by atoms with Crippen molar-refractivity contribution in [2.24, 2.45) is 5.73 Å². The summed E-state index contributed by atoms with van der Waals surface area (Å²) in [6, 6.07) is 0. The number of nitrogens with one attached hydrogen (secondary N) is 1. The van der Waals surface area contributed by atoms with Gasteiger partial charge in [-0.1, -0.05) is 0 Å². The molecule has 0 aromatic carbocycles. The lowest BCUT2D eigenvalue weighted by molar-refractivity contribution is -0.124. The molecule has 94 valence electrons. The number of nitrogens with two attached hydrogens (primary N) is 1. The quantitative estimate of drug-likeness (QED) is 0.686. The number of hydrogen-bond donors (Lipinski definition) is 2. The molecule has 16 heavy (non-hydrogen) atoms. The van der Waals surface area contributed by atoms with Gasteiger partial charge in [-0.2, -0.15) is 0 Å². The monoisotopic (exact) mass is 229 g/mol. The maximum Gasteiger partial charge on any atom is 0.238 e. The third-order valence-corrected chi connectivity index (χ3v) is 3.17. The summed E-state index contributed by atoms with van der Waals surface area (Å²) < 4.78 is 5.56. The number of carbonyl (C=O) groups is 1. The molecule has 1 rings (SSSR count). The van der Waals surface area contributed by atoms with E-state index in [0.717, 1.165) is 26.1 Å². The molecular formula is C11H23N3O2. The van der Waals surface area contributed by atoms with Crippen molar-refractivity contribution < 1.29 is 9.53 Å². The summed E-state index contributed by atoms with van der Waals surface area (Å²) in [5, 5.41) is 3.00. The maximum atomic E-state index is 11.4. The first-order chi connectivity index (χ1) is 7.48. The second-order valence-electron chi connectivity index (χ2n) is 4.72. The number of likely N-dealkylation sites (N-methyl/N-ethyl adjacent to an activating group) is 1. The highest BCUT2D eigenvalue weighted by molar-refractivity contribution is 5.84. The van der Waals surface area contributed by atoms with Gasteiger partial charge in [0.1, 0.15) is 5.54 Å². The molecule has 0 spiro atoms. The lowest BCUT2D eigenvalue weighted by Crippen LogP contribution is -2.58. The van der Waals surface area contributed by atoms with Gasteiger partial charge < -0.3 is 15.8 Å². The van der Waals surface area contributed by atoms with Crippen molar-refractivity contribution in [2.75, 3.05) is 33.3 Å². The zero-order valence-electron chi connectivity index (χ0n) is 10.5. The average Bonchev–Trinajstić information content (AvgIpc) is 2.42. The summed E-state index contributed by atoms with van der Waals surface area (Å²) in [6.07, 6.45) is 1.22. The van der Waals surface area contributed by atoms with Gasteiger partial charge in [-0.05, 0) is 27.3 Å². The predicted molar refractivity (Wildman–Crippen MR) is 63.1 cm³/mol. The number of ether oxygens (including phenoxy) is 1. The number of amides is 1. The van der Waals surface area contributed by atoms with Crippen LogP contribution in [-0.4, -0.2) is 55.7 Å². The van der Waals surface area contributed by atoms with Gasteiger partial charge >= 0.3 is 0 Å². The number of primary amides is 1. The van der Waals surface area contributed by atoms with Gasteiger partial charge in [0, 0.05) is 26.2 Å². The number of hydrogen-bond acceptors (Lipinski definition) is 4. The standard InChI is InChI=1S/C11H23N3O2/c1-9-7-14(5-4-6-16-9)8-11(2,13-3)10(12)15/h9,13H,4-8H2,1-3H3,(H2,12,15). The summed E-state index contributed by atoms with van der Waals surface area (Å²) in [4.78, 5) is 13.6. The molecule has 1 fully saturated rings. The van der Waals surface area contributed by atoms with Gasteiger partial charge in [0.25, 0.3) is 0 Å². The zero-order valence-corrected chi connectivity index (χ0v) is 10.5. The first-order valence-corrected chi connectivity index (χ1v) is 5.81. The van der Waals surface area contributed by atoms with Crippen LogP contribution in [0.4, 0.5) is 0 Å². The minimum Gasteiger partial charge on any atom is -0.377 e. The molecule has 3 N–H and O–H groups in total. The number of nitrogens with zero attached hydrogens (tertiary/aromatic N) is 1. The first-order valence-electron chi connectivity index (χ1n) is 5.81. The molecule has 0 saturated carbocycles. The summed E-state index contributed by atoms with van der Waals surface area (Å²) in [5.74, 6) is -0.312. The van der Waals surface area contributed by atoms with E-state index in [2.05, 4.69) is 17.1 Å². The second-order valence-corrected chi connectivity index (χ2v) is 4.72. The van der Waals surface area contributed by atoms with Crippen LogP contribution in [0.2, 0.25) is 0 Å². The molecule has 1 saturated heterocycles. The minimum atomic E-state index is -0.663. The lowest BCUT2D eigenvalue weighted by Gasteiger charge is -2.32. The SMILES string of the molecule is CNC(C)(CN1CCCOC(C)C1)C(N)=O.